The van der Waals surface area contributed by atoms with Gasteiger partial charge in [-0.2, -0.15) is 0 Å². The van der Waals surface area contributed by atoms with Crippen molar-refractivity contribution in [2.75, 3.05) is 26.9 Å². The molecule has 6 rings (SSSR count). The van der Waals surface area contributed by atoms with E-state index in [1.54, 1.807) is 32.0 Å². The first-order valence-corrected chi connectivity index (χ1v) is 18.6. The molecule has 3 heterocycles. The van der Waals surface area contributed by atoms with E-state index < -0.39 is 18.0 Å². The monoisotopic (exact) mass is 769 g/mol. The van der Waals surface area contributed by atoms with Crippen molar-refractivity contribution < 1.29 is 33.3 Å². The van der Waals surface area contributed by atoms with E-state index in [9.17, 15) is 14.4 Å². The van der Waals surface area contributed by atoms with Crippen LogP contribution in [-0.4, -0.2) is 48.0 Å². The van der Waals surface area contributed by atoms with Crippen LogP contribution in [0.5, 0.6) is 17.2 Å². The number of nitrogens with zero attached hydrogens (tertiary/aromatic N) is 3. The Balaban J connectivity index is 1.37. The second-order valence-corrected chi connectivity index (χ2v) is 13.8. The molecule has 13 heteroatoms. The van der Waals surface area contributed by atoms with E-state index >= 15 is 0 Å². The van der Waals surface area contributed by atoms with Crippen molar-refractivity contribution in [2.45, 2.75) is 47.3 Å². The van der Waals surface area contributed by atoms with E-state index in [0.29, 0.717) is 56.1 Å². The van der Waals surface area contributed by atoms with E-state index in [-0.39, 0.29) is 24.3 Å². The van der Waals surface area contributed by atoms with Crippen LogP contribution in [0.15, 0.2) is 93.9 Å². The molecule has 54 heavy (non-hydrogen) atoms. The lowest BCUT2D eigenvalue weighted by Gasteiger charge is -2.25. The predicted molar refractivity (Wildman–Crippen MR) is 207 cm³/mol. The summed E-state index contributed by atoms with van der Waals surface area (Å²) >= 11 is 7.54. The zero-order chi connectivity index (χ0) is 38.5. The first kappa shape index (κ1) is 38.1. The summed E-state index contributed by atoms with van der Waals surface area (Å²) in [5.74, 6) is 0.237. The summed E-state index contributed by atoms with van der Waals surface area (Å²) in [6.07, 6.45) is 1.86. The first-order valence-electron chi connectivity index (χ1n) is 17.4. The Hall–Kier alpha value is -5.59. The van der Waals surface area contributed by atoms with E-state index in [1.807, 2.05) is 81.4 Å². The molecule has 0 bridgehead atoms. The fourth-order valence-corrected chi connectivity index (χ4v) is 7.55. The molecule has 1 atom stereocenters. The van der Waals surface area contributed by atoms with Crippen LogP contribution < -0.4 is 29.1 Å². The highest BCUT2D eigenvalue weighted by atomic mass is 35.5. The van der Waals surface area contributed by atoms with Crippen LogP contribution in [0.25, 0.3) is 11.8 Å². The topological polar surface area (TPSA) is 120 Å². The number of benzene rings is 3. The lowest BCUT2D eigenvalue weighted by atomic mass is 9.95. The minimum atomic E-state index is -0.873. The molecular weight excluding hydrogens is 730 g/mol. The van der Waals surface area contributed by atoms with Crippen LogP contribution in [0.4, 0.5) is 0 Å². The van der Waals surface area contributed by atoms with Gasteiger partial charge >= 0.3 is 11.9 Å². The number of esters is 2. The zero-order valence-electron chi connectivity index (χ0n) is 30.8. The Labute approximate surface area is 321 Å². The third-order valence-corrected chi connectivity index (χ3v) is 10.2. The minimum Gasteiger partial charge on any atom is -0.490 e. The summed E-state index contributed by atoms with van der Waals surface area (Å²) in [5, 5.41) is 0.659. The number of fused-ring (bicyclic) bond motifs is 1. The zero-order valence-corrected chi connectivity index (χ0v) is 32.4. The van der Waals surface area contributed by atoms with Gasteiger partial charge in [-0.25, -0.2) is 14.6 Å². The number of methoxy groups -OCH3 is 1. The Kier molecular flexibility index (Phi) is 11.7. The number of carbonyl (C=O) groups is 2. The smallest absolute Gasteiger partial charge is 0.343 e. The summed E-state index contributed by atoms with van der Waals surface area (Å²) in [6.45, 7) is 9.77. The molecule has 0 radical (unpaired) electrons. The standard InChI is InChI=1S/C41H40ClN3O8S/c1-7-50-34-20-27(13-18-33(34)53-23-36(46)49-6)38-37(40(48)51-8-2)25(4)43-41-45(38)39(47)35(54-41)21-29-19-24(3)44(26(29)5)30-14-16-31(17-15-30)52-22-28-11-9-10-12-32(28)42/h9-21,38H,7-8,22-23H2,1-6H3/b35-21+/t38-/m1/s1. The fraction of sp³-hybridized carbons (Fsp3) is 0.268. The third kappa shape index (κ3) is 7.85. The van der Waals surface area contributed by atoms with Crippen molar-refractivity contribution in [3.05, 3.63) is 137 Å². The third-order valence-electron chi connectivity index (χ3n) is 8.88. The van der Waals surface area contributed by atoms with E-state index in [2.05, 4.69) is 4.57 Å². The molecule has 0 saturated carbocycles. The van der Waals surface area contributed by atoms with Crippen molar-refractivity contribution in [3.63, 3.8) is 0 Å². The quantitative estimate of drug-likeness (QED) is 0.127. The second-order valence-electron chi connectivity index (χ2n) is 12.3. The van der Waals surface area contributed by atoms with Crippen LogP contribution in [0, 0.1) is 13.8 Å². The molecule has 0 spiro atoms. The number of aromatic nitrogens is 2. The van der Waals surface area contributed by atoms with Gasteiger partial charge in [0.15, 0.2) is 22.9 Å². The highest BCUT2D eigenvalue weighted by Gasteiger charge is 2.34. The van der Waals surface area contributed by atoms with Gasteiger partial charge in [-0.3, -0.25) is 9.36 Å². The molecule has 0 amide bonds. The molecule has 2 aromatic heterocycles. The average Bonchev–Trinajstić information content (AvgIpc) is 3.62. The van der Waals surface area contributed by atoms with E-state index in [1.165, 1.54) is 23.0 Å². The van der Waals surface area contributed by atoms with Crippen molar-refractivity contribution in [3.8, 4) is 22.9 Å². The van der Waals surface area contributed by atoms with Crippen LogP contribution in [0.2, 0.25) is 5.02 Å². The second kappa shape index (κ2) is 16.6. The maximum atomic E-state index is 14.4. The highest BCUT2D eigenvalue weighted by Crippen LogP contribution is 2.36. The van der Waals surface area contributed by atoms with Crippen LogP contribution in [-0.2, 0) is 25.7 Å². The average molecular weight is 770 g/mol. The molecule has 1 aliphatic heterocycles. The van der Waals surface area contributed by atoms with Gasteiger partial charge in [0, 0.05) is 27.7 Å². The number of allylic oxidation sites excluding steroid dienone is 1. The summed E-state index contributed by atoms with van der Waals surface area (Å²) in [5.41, 5.74) is 5.56. The number of carbonyl (C=O) groups excluding carboxylic acids is 2. The van der Waals surface area contributed by atoms with E-state index in [4.69, 9.17) is 40.3 Å². The highest BCUT2D eigenvalue weighted by molar-refractivity contribution is 7.07. The predicted octanol–water partition coefficient (Wildman–Crippen LogP) is 6.39. The van der Waals surface area contributed by atoms with Gasteiger partial charge in [-0.15, -0.1) is 0 Å². The molecule has 11 nitrogen and oxygen atoms in total. The van der Waals surface area contributed by atoms with Gasteiger partial charge in [0.1, 0.15) is 12.4 Å². The number of thiazole rings is 1. The molecular formula is C41H40ClN3O8S. The van der Waals surface area contributed by atoms with Crippen LogP contribution in [0.1, 0.15) is 54.9 Å². The summed E-state index contributed by atoms with van der Waals surface area (Å²) in [6, 6.07) is 21.6. The molecule has 0 aliphatic carbocycles. The Morgan fingerprint density at radius 2 is 1.69 bits per heavy atom. The van der Waals surface area contributed by atoms with Crippen LogP contribution >= 0.6 is 22.9 Å². The lowest BCUT2D eigenvalue weighted by molar-refractivity contribution is -0.143. The largest absolute Gasteiger partial charge is 0.490 e. The molecule has 280 valence electrons. The summed E-state index contributed by atoms with van der Waals surface area (Å²) in [4.78, 5) is 44.8. The molecule has 0 fully saturated rings. The fourth-order valence-electron chi connectivity index (χ4n) is 6.33. The summed E-state index contributed by atoms with van der Waals surface area (Å²) in [7, 11) is 1.28. The van der Waals surface area contributed by atoms with Gasteiger partial charge < -0.3 is 28.3 Å². The normalized spacial score (nSPS) is 14.0. The molecule has 3 aromatic carbocycles. The molecule has 0 unspecified atom stereocenters. The van der Waals surface area contributed by atoms with Gasteiger partial charge in [-0.05, 0) is 100 Å². The SMILES string of the molecule is CCOC(=O)C1=C(C)N=c2s/c(=C/c3cc(C)n(-c4ccc(OCc5ccccc5Cl)cc4)c3C)c(=O)n2[C@@H]1c1ccc(OCC(=O)OC)c(OCC)c1. The molecule has 0 saturated heterocycles. The van der Waals surface area contributed by atoms with Gasteiger partial charge in [0.05, 0.1) is 42.2 Å². The number of rotatable bonds is 13. The maximum Gasteiger partial charge on any atom is 0.343 e. The number of hydrogen-bond donors (Lipinski definition) is 0. The summed E-state index contributed by atoms with van der Waals surface area (Å²) < 4.78 is 31.8. The number of halogens is 1. The van der Waals surface area contributed by atoms with Crippen molar-refractivity contribution in [2.24, 2.45) is 4.99 Å². The Morgan fingerprint density at radius 3 is 2.39 bits per heavy atom. The van der Waals surface area contributed by atoms with Crippen molar-refractivity contribution >= 4 is 41.0 Å². The molecule has 0 N–H and O–H groups in total. The minimum absolute atomic E-state index is 0.144. The Morgan fingerprint density at radius 1 is 0.926 bits per heavy atom. The van der Waals surface area contributed by atoms with Gasteiger partial charge in [0.25, 0.3) is 5.56 Å². The molecule has 1 aliphatic rings. The van der Waals surface area contributed by atoms with Crippen molar-refractivity contribution in [1.29, 1.82) is 0 Å². The number of hydrogen-bond acceptors (Lipinski definition) is 10. The molecule has 5 aromatic rings. The van der Waals surface area contributed by atoms with Gasteiger partial charge in [0.2, 0.25) is 0 Å². The van der Waals surface area contributed by atoms with Gasteiger partial charge in [-0.1, -0.05) is 47.2 Å². The Bertz CT molecular complexity index is 2430. The number of ether oxygens (including phenoxy) is 5. The maximum absolute atomic E-state index is 14.4. The lowest BCUT2D eigenvalue weighted by Crippen LogP contribution is -2.40. The van der Waals surface area contributed by atoms with Crippen molar-refractivity contribution in [1.82, 2.24) is 9.13 Å². The number of aryl methyl sites for hydroxylation is 1. The van der Waals surface area contributed by atoms with E-state index in [0.717, 1.165) is 28.2 Å². The van der Waals surface area contributed by atoms with Crippen LogP contribution in [0.3, 0.4) is 0 Å². The first-order chi connectivity index (χ1) is 26.0.